The summed E-state index contributed by atoms with van der Waals surface area (Å²) in [4.78, 5) is 4.56. The molecule has 0 saturated heterocycles. The van der Waals surface area contributed by atoms with Crippen LogP contribution in [0.4, 0.5) is 5.13 Å². The molecule has 0 amide bonds. The molecular weight excluding hydrogens is 474 g/mol. The largest absolute Gasteiger partial charge is 0.493 e. The molecule has 7 heteroatoms. The molecule has 0 fully saturated rings. The van der Waals surface area contributed by atoms with Gasteiger partial charge in [0, 0.05) is 21.0 Å². The molecule has 0 bridgehead atoms. The zero-order valence-corrected chi connectivity index (χ0v) is 19.2. The van der Waals surface area contributed by atoms with Gasteiger partial charge in [-0.15, -0.1) is 11.3 Å². The lowest BCUT2D eigenvalue weighted by Gasteiger charge is -2.12. The Morgan fingerprint density at radius 2 is 1.84 bits per heavy atom. The van der Waals surface area contributed by atoms with Gasteiger partial charge in [0.1, 0.15) is 6.61 Å². The lowest BCUT2D eigenvalue weighted by Crippen LogP contribution is -1.99. The second-order valence-corrected chi connectivity index (χ2v) is 8.28. The van der Waals surface area contributed by atoms with Gasteiger partial charge >= 0.3 is 0 Å². The number of hydrogen-bond acceptors (Lipinski definition) is 6. The summed E-state index contributed by atoms with van der Waals surface area (Å²) < 4.78 is 12.5. The molecule has 0 aliphatic rings. The second kappa shape index (κ2) is 10.2. The molecule has 156 valence electrons. The molecule has 0 saturated carbocycles. The predicted molar refractivity (Wildman–Crippen MR) is 130 cm³/mol. The summed E-state index contributed by atoms with van der Waals surface area (Å²) >= 11 is 5.05. The van der Waals surface area contributed by atoms with E-state index in [1.807, 2.05) is 78.2 Å². The highest BCUT2D eigenvalue weighted by molar-refractivity contribution is 9.10. The van der Waals surface area contributed by atoms with Crippen molar-refractivity contribution < 1.29 is 9.47 Å². The average Bonchev–Trinajstić information content (AvgIpc) is 3.28. The number of hydrazone groups is 1. The van der Waals surface area contributed by atoms with Gasteiger partial charge in [0.2, 0.25) is 5.13 Å². The summed E-state index contributed by atoms with van der Waals surface area (Å²) in [7, 11) is 1.63. The summed E-state index contributed by atoms with van der Waals surface area (Å²) in [6.07, 6.45) is 1.73. The Bertz CT molecular complexity index is 1180. The van der Waals surface area contributed by atoms with Crippen LogP contribution in [0.3, 0.4) is 0 Å². The van der Waals surface area contributed by atoms with E-state index in [9.17, 15) is 0 Å². The normalized spacial score (nSPS) is 10.9. The monoisotopic (exact) mass is 493 g/mol. The third-order valence-electron chi connectivity index (χ3n) is 4.48. The van der Waals surface area contributed by atoms with Crippen LogP contribution in [0.1, 0.15) is 11.1 Å². The molecular formula is C24H20BrN3O2S. The number of aromatic nitrogens is 1. The van der Waals surface area contributed by atoms with Gasteiger partial charge in [0.05, 0.1) is 19.0 Å². The maximum absolute atomic E-state index is 5.95. The van der Waals surface area contributed by atoms with Gasteiger partial charge in [-0.05, 0) is 29.8 Å². The fraction of sp³-hybridized carbons (Fsp3) is 0.0833. The highest BCUT2D eigenvalue weighted by Gasteiger charge is 2.07. The molecule has 3 aromatic carbocycles. The van der Waals surface area contributed by atoms with E-state index in [2.05, 4.69) is 31.4 Å². The summed E-state index contributed by atoms with van der Waals surface area (Å²) in [6, 6.07) is 23.7. The van der Waals surface area contributed by atoms with Crippen LogP contribution >= 0.6 is 27.3 Å². The summed E-state index contributed by atoms with van der Waals surface area (Å²) in [6.45, 7) is 0.445. The number of nitrogens with zero attached hydrogens (tertiary/aromatic N) is 2. The summed E-state index contributed by atoms with van der Waals surface area (Å²) in [5.74, 6) is 1.33. The Morgan fingerprint density at radius 1 is 1.03 bits per heavy atom. The van der Waals surface area contributed by atoms with Crippen molar-refractivity contribution in [2.45, 2.75) is 6.61 Å². The zero-order valence-electron chi connectivity index (χ0n) is 16.8. The summed E-state index contributed by atoms with van der Waals surface area (Å²) in [5.41, 5.74) is 6.95. The maximum Gasteiger partial charge on any atom is 0.203 e. The Balaban J connectivity index is 1.39. The molecule has 0 atom stereocenters. The molecule has 0 unspecified atom stereocenters. The van der Waals surface area contributed by atoms with Crippen LogP contribution in [-0.4, -0.2) is 18.3 Å². The van der Waals surface area contributed by atoms with Gasteiger partial charge in [-0.3, -0.25) is 5.43 Å². The van der Waals surface area contributed by atoms with E-state index in [1.165, 1.54) is 11.3 Å². The molecule has 0 aliphatic heterocycles. The number of ether oxygens (including phenoxy) is 2. The van der Waals surface area contributed by atoms with E-state index in [0.717, 1.165) is 32.0 Å². The Morgan fingerprint density at radius 3 is 2.65 bits per heavy atom. The van der Waals surface area contributed by atoms with E-state index in [0.29, 0.717) is 18.1 Å². The number of methoxy groups -OCH3 is 1. The molecule has 1 aromatic heterocycles. The number of rotatable bonds is 8. The van der Waals surface area contributed by atoms with Crippen LogP contribution < -0.4 is 14.9 Å². The third kappa shape index (κ3) is 5.51. The molecule has 4 aromatic rings. The fourth-order valence-electron chi connectivity index (χ4n) is 2.88. The first-order valence-corrected chi connectivity index (χ1v) is 11.2. The van der Waals surface area contributed by atoms with Gasteiger partial charge < -0.3 is 9.47 Å². The van der Waals surface area contributed by atoms with Crippen LogP contribution in [-0.2, 0) is 6.61 Å². The molecule has 0 spiro atoms. The standard InChI is InChI=1S/C24H20BrN3O2S/c1-29-23-13-17(11-12-22(23)30-15-19-9-5-6-10-20(19)25)14-26-28-24-27-21(16-31-24)18-7-3-2-4-8-18/h2-14,16H,15H2,1H3,(H,27,28). The van der Waals surface area contributed by atoms with Crippen molar-refractivity contribution in [1.82, 2.24) is 4.98 Å². The smallest absolute Gasteiger partial charge is 0.203 e. The van der Waals surface area contributed by atoms with Crippen LogP contribution in [0, 0.1) is 0 Å². The molecule has 5 nitrogen and oxygen atoms in total. The van der Waals surface area contributed by atoms with Crippen molar-refractivity contribution in [1.29, 1.82) is 0 Å². The van der Waals surface area contributed by atoms with E-state index in [-0.39, 0.29) is 0 Å². The van der Waals surface area contributed by atoms with Gasteiger partial charge in [-0.2, -0.15) is 5.10 Å². The van der Waals surface area contributed by atoms with Gasteiger partial charge in [-0.1, -0.05) is 64.5 Å². The quantitative estimate of drug-likeness (QED) is 0.221. The molecule has 1 N–H and O–H groups in total. The number of hydrogen-bond donors (Lipinski definition) is 1. The minimum atomic E-state index is 0.445. The van der Waals surface area contributed by atoms with Crippen molar-refractivity contribution in [3.05, 3.63) is 93.8 Å². The zero-order chi connectivity index (χ0) is 21.5. The van der Waals surface area contributed by atoms with Crippen molar-refractivity contribution in [3.8, 4) is 22.8 Å². The number of anilines is 1. The lowest BCUT2D eigenvalue weighted by atomic mass is 10.2. The predicted octanol–water partition coefficient (Wildman–Crippen LogP) is 6.61. The Labute approximate surface area is 193 Å². The number of thiazole rings is 1. The first-order chi connectivity index (χ1) is 15.2. The second-order valence-electron chi connectivity index (χ2n) is 6.56. The van der Waals surface area contributed by atoms with E-state index in [1.54, 1.807) is 13.3 Å². The number of halogens is 1. The average molecular weight is 494 g/mol. The Kier molecular flexibility index (Phi) is 6.96. The van der Waals surface area contributed by atoms with Crippen molar-refractivity contribution >= 4 is 38.6 Å². The van der Waals surface area contributed by atoms with E-state index in [4.69, 9.17) is 9.47 Å². The minimum absolute atomic E-state index is 0.445. The van der Waals surface area contributed by atoms with Crippen molar-refractivity contribution in [2.75, 3.05) is 12.5 Å². The topological polar surface area (TPSA) is 55.7 Å². The lowest BCUT2D eigenvalue weighted by molar-refractivity contribution is 0.284. The van der Waals surface area contributed by atoms with Crippen LogP contribution in [0.25, 0.3) is 11.3 Å². The number of nitrogens with one attached hydrogen (secondary N) is 1. The third-order valence-corrected chi connectivity index (χ3v) is 6.00. The molecule has 1 heterocycles. The van der Waals surface area contributed by atoms with Crippen molar-refractivity contribution in [2.24, 2.45) is 5.10 Å². The highest BCUT2D eigenvalue weighted by Crippen LogP contribution is 2.29. The first-order valence-electron chi connectivity index (χ1n) is 9.57. The van der Waals surface area contributed by atoms with Crippen LogP contribution in [0.2, 0.25) is 0 Å². The number of benzene rings is 3. The van der Waals surface area contributed by atoms with Crippen molar-refractivity contribution in [3.63, 3.8) is 0 Å². The first kappa shape index (κ1) is 21.1. The maximum atomic E-state index is 5.95. The minimum Gasteiger partial charge on any atom is -0.493 e. The molecule has 0 aliphatic carbocycles. The van der Waals surface area contributed by atoms with E-state index < -0.39 is 0 Å². The molecule has 4 rings (SSSR count). The highest BCUT2D eigenvalue weighted by atomic mass is 79.9. The fourth-order valence-corrected chi connectivity index (χ4v) is 3.95. The molecule has 0 radical (unpaired) electrons. The SMILES string of the molecule is COc1cc(C=NNc2nc(-c3ccccc3)cs2)ccc1OCc1ccccc1Br. The van der Waals surface area contributed by atoms with Gasteiger partial charge in [0.25, 0.3) is 0 Å². The van der Waals surface area contributed by atoms with E-state index >= 15 is 0 Å². The van der Waals surface area contributed by atoms with Gasteiger partial charge in [0.15, 0.2) is 11.5 Å². The Hall–Kier alpha value is -3.16. The molecule has 31 heavy (non-hydrogen) atoms. The van der Waals surface area contributed by atoms with Gasteiger partial charge in [-0.25, -0.2) is 4.98 Å². The van der Waals surface area contributed by atoms with Crippen LogP contribution in [0.5, 0.6) is 11.5 Å². The van der Waals surface area contributed by atoms with Crippen LogP contribution in [0.15, 0.2) is 87.8 Å². The summed E-state index contributed by atoms with van der Waals surface area (Å²) in [5, 5.41) is 7.04.